The van der Waals surface area contributed by atoms with Crippen LogP contribution in [0.3, 0.4) is 0 Å². The van der Waals surface area contributed by atoms with Gasteiger partial charge >= 0.3 is 0 Å². The van der Waals surface area contributed by atoms with E-state index in [1.807, 2.05) is 6.07 Å². The Balaban J connectivity index is 2.53. The van der Waals surface area contributed by atoms with Crippen LogP contribution in [0.4, 0.5) is 0 Å². The number of ether oxygens (including phenoxy) is 2. The largest absolute Gasteiger partial charge is 0.508 e. The molecule has 1 aromatic carbocycles. The maximum absolute atomic E-state index is 9.55. The van der Waals surface area contributed by atoms with Crippen LogP contribution in [0.2, 0.25) is 0 Å². The molecule has 3 heteroatoms. The zero-order valence-corrected chi connectivity index (χ0v) is 10.7. The van der Waals surface area contributed by atoms with Gasteiger partial charge in [-0.15, -0.1) is 0 Å². The third-order valence-electron chi connectivity index (χ3n) is 2.40. The number of rotatable bonds is 8. The first kappa shape index (κ1) is 13.7. The van der Waals surface area contributed by atoms with Crippen molar-refractivity contribution in [2.75, 3.05) is 13.2 Å². The Morgan fingerprint density at radius 1 is 0.882 bits per heavy atom. The van der Waals surface area contributed by atoms with E-state index >= 15 is 0 Å². The van der Waals surface area contributed by atoms with Gasteiger partial charge in [0.25, 0.3) is 0 Å². The number of hydrogen-bond acceptors (Lipinski definition) is 3. The smallest absolute Gasteiger partial charge is 0.126 e. The highest BCUT2D eigenvalue weighted by Crippen LogP contribution is 2.27. The zero-order chi connectivity index (χ0) is 12.5. The Morgan fingerprint density at radius 3 is 1.76 bits per heavy atom. The molecule has 1 N–H and O–H groups in total. The van der Waals surface area contributed by atoms with Gasteiger partial charge in [0.1, 0.15) is 17.2 Å². The molecule has 0 amide bonds. The average Bonchev–Trinajstić information content (AvgIpc) is 2.29. The molecule has 0 spiro atoms. The van der Waals surface area contributed by atoms with Crippen molar-refractivity contribution in [3.8, 4) is 17.2 Å². The highest BCUT2D eigenvalue weighted by atomic mass is 16.5. The predicted molar refractivity (Wildman–Crippen MR) is 68.9 cm³/mol. The van der Waals surface area contributed by atoms with E-state index in [1.165, 1.54) is 0 Å². The Hall–Kier alpha value is -1.38. The van der Waals surface area contributed by atoms with E-state index in [1.54, 1.807) is 12.1 Å². The van der Waals surface area contributed by atoms with Gasteiger partial charge in [0.05, 0.1) is 13.2 Å². The van der Waals surface area contributed by atoms with E-state index < -0.39 is 0 Å². The van der Waals surface area contributed by atoms with Crippen LogP contribution < -0.4 is 9.47 Å². The summed E-state index contributed by atoms with van der Waals surface area (Å²) in [6.45, 7) is 5.58. The second-order valence-electron chi connectivity index (χ2n) is 4.07. The third-order valence-corrected chi connectivity index (χ3v) is 2.40. The Morgan fingerprint density at radius 2 is 1.35 bits per heavy atom. The summed E-state index contributed by atoms with van der Waals surface area (Å²) < 4.78 is 11.1. The van der Waals surface area contributed by atoms with Gasteiger partial charge in [-0.05, 0) is 12.8 Å². The van der Waals surface area contributed by atoms with Crippen LogP contribution in [-0.2, 0) is 0 Å². The fraction of sp³-hybridized carbons (Fsp3) is 0.571. The van der Waals surface area contributed by atoms with E-state index in [9.17, 15) is 5.11 Å². The molecule has 0 aliphatic rings. The highest BCUT2D eigenvalue weighted by Gasteiger charge is 2.02. The molecule has 1 aromatic rings. The van der Waals surface area contributed by atoms with E-state index in [-0.39, 0.29) is 5.75 Å². The van der Waals surface area contributed by atoms with Crippen molar-refractivity contribution >= 4 is 0 Å². The number of aromatic hydroxyl groups is 1. The first-order valence-corrected chi connectivity index (χ1v) is 6.36. The summed E-state index contributed by atoms with van der Waals surface area (Å²) >= 11 is 0. The van der Waals surface area contributed by atoms with Gasteiger partial charge < -0.3 is 14.6 Å². The number of benzene rings is 1. The van der Waals surface area contributed by atoms with Crippen LogP contribution in [0.1, 0.15) is 39.5 Å². The fourth-order valence-electron chi connectivity index (χ4n) is 1.39. The van der Waals surface area contributed by atoms with Crippen molar-refractivity contribution in [3.63, 3.8) is 0 Å². The quantitative estimate of drug-likeness (QED) is 0.701. The molecule has 3 nitrogen and oxygen atoms in total. The third kappa shape index (κ3) is 5.48. The number of phenols is 1. The summed E-state index contributed by atoms with van der Waals surface area (Å²) in [7, 11) is 0. The molecule has 0 unspecified atom stereocenters. The highest BCUT2D eigenvalue weighted by molar-refractivity contribution is 5.41. The van der Waals surface area contributed by atoms with Crippen LogP contribution in [0.5, 0.6) is 17.2 Å². The van der Waals surface area contributed by atoms with Crippen LogP contribution in [-0.4, -0.2) is 18.3 Å². The fourth-order valence-corrected chi connectivity index (χ4v) is 1.39. The summed E-state index contributed by atoms with van der Waals surface area (Å²) in [6.07, 6.45) is 4.22. The number of phenolic OH excluding ortho intramolecular Hbond substituents is 1. The lowest BCUT2D eigenvalue weighted by Crippen LogP contribution is -1.99. The van der Waals surface area contributed by atoms with E-state index in [4.69, 9.17) is 9.47 Å². The molecule has 96 valence electrons. The summed E-state index contributed by atoms with van der Waals surface area (Å²) in [5, 5.41) is 9.55. The molecule has 0 saturated heterocycles. The minimum absolute atomic E-state index is 0.186. The van der Waals surface area contributed by atoms with Crippen LogP contribution >= 0.6 is 0 Å². The van der Waals surface area contributed by atoms with Gasteiger partial charge in [0, 0.05) is 18.2 Å². The summed E-state index contributed by atoms with van der Waals surface area (Å²) in [4.78, 5) is 0. The average molecular weight is 238 g/mol. The maximum Gasteiger partial charge on any atom is 0.126 e. The van der Waals surface area contributed by atoms with E-state index in [0.717, 1.165) is 25.7 Å². The normalized spacial score (nSPS) is 10.2. The van der Waals surface area contributed by atoms with Crippen LogP contribution in [0, 0.1) is 0 Å². The summed E-state index contributed by atoms with van der Waals surface area (Å²) in [5.41, 5.74) is 0. The van der Waals surface area contributed by atoms with Gasteiger partial charge in [-0.2, -0.15) is 0 Å². The molecule has 0 heterocycles. The summed E-state index contributed by atoms with van der Waals surface area (Å²) in [6, 6.07) is 5.05. The molecule has 0 fully saturated rings. The van der Waals surface area contributed by atoms with Crippen LogP contribution in [0.25, 0.3) is 0 Å². The molecule has 1 rings (SSSR count). The molecule has 0 aromatic heterocycles. The minimum Gasteiger partial charge on any atom is -0.508 e. The summed E-state index contributed by atoms with van der Waals surface area (Å²) in [5.74, 6) is 1.53. The lowest BCUT2D eigenvalue weighted by molar-refractivity contribution is 0.291. The molecule has 0 bridgehead atoms. The zero-order valence-electron chi connectivity index (χ0n) is 10.7. The topological polar surface area (TPSA) is 38.7 Å². The number of unbranched alkanes of at least 4 members (excludes halogenated alkanes) is 2. The number of hydrogen-bond donors (Lipinski definition) is 1. The van der Waals surface area contributed by atoms with Crippen molar-refractivity contribution in [3.05, 3.63) is 18.2 Å². The maximum atomic E-state index is 9.55. The first-order valence-electron chi connectivity index (χ1n) is 6.36. The van der Waals surface area contributed by atoms with Gasteiger partial charge in [-0.1, -0.05) is 26.7 Å². The predicted octanol–water partition coefficient (Wildman–Crippen LogP) is 3.75. The van der Waals surface area contributed by atoms with Gasteiger partial charge in [0.15, 0.2) is 0 Å². The van der Waals surface area contributed by atoms with Crippen molar-refractivity contribution in [1.29, 1.82) is 0 Å². The molecule has 17 heavy (non-hydrogen) atoms. The molecular formula is C14H22O3. The Labute approximate surface area is 103 Å². The Kier molecular flexibility index (Phi) is 6.30. The lowest BCUT2D eigenvalue weighted by atomic mass is 10.3. The van der Waals surface area contributed by atoms with Crippen molar-refractivity contribution < 1.29 is 14.6 Å². The molecule has 0 aliphatic heterocycles. The second-order valence-corrected chi connectivity index (χ2v) is 4.07. The Bertz CT molecular complexity index is 295. The van der Waals surface area contributed by atoms with Gasteiger partial charge in [-0.3, -0.25) is 0 Å². The monoisotopic (exact) mass is 238 g/mol. The minimum atomic E-state index is 0.186. The first-order chi connectivity index (χ1) is 8.26. The molecule has 0 radical (unpaired) electrons. The lowest BCUT2D eigenvalue weighted by Gasteiger charge is -2.10. The van der Waals surface area contributed by atoms with Gasteiger partial charge in [-0.25, -0.2) is 0 Å². The van der Waals surface area contributed by atoms with Gasteiger partial charge in [0.2, 0.25) is 0 Å². The van der Waals surface area contributed by atoms with Crippen molar-refractivity contribution in [2.45, 2.75) is 39.5 Å². The molecular weight excluding hydrogens is 216 g/mol. The SMILES string of the molecule is CCCCOc1cc(O)cc(OCCCC)c1. The molecule has 0 saturated carbocycles. The van der Waals surface area contributed by atoms with Crippen LogP contribution in [0.15, 0.2) is 18.2 Å². The van der Waals surface area contributed by atoms with Crippen molar-refractivity contribution in [1.82, 2.24) is 0 Å². The van der Waals surface area contributed by atoms with E-state index in [2.05, 4.69) is 13.8 Å². The molecule has 0 aliphatic carbocycles. The standard InChI is InChI=1S/C14H22O3/c1-3-5-7-16-13-9-12(15)10-14(11-13)17-8-6-4-2/h9-11,15H,3-8H2,1-2H3. The second kappa shape index (κ2) is 7.82. The molecule has 0 atom stereocenters. The van der Waals surface area contributed by atoms with Crippen molar-refractivity contribution in [2.24, 2.45) is 0 Å². The van der Waals surface area contributed by atoms with E-state index in [0.29, 0.717) is 24.7 Å².